The van der Waals surface area contributed by atoms with Crippen LogP contribution < -0.4 is 5.32 Å². The summed E-state index contributed by atoms with van der Waals surface area (Å²) in [7, 11) is 1.42. The smallest absolute Gasteiger partial charge is 0.306 e. The first-order valence-corrected chi connectivity index (χ1v) is 4.72. The van der Waals surface area contributed by atoms with Gasteiger partial charge < -0.3 is 15.2 Å². The Morgan fingerprint density at radius 1 is 1.60 bits per heavy atom. The van der Waals surface area contributed by atoms with Crippen LogP contribution in [0, 0.1) is 0 Å². The fraction of sp³-hybridized carbons (Fsp3) is 0.600. The van der Waals surface area contributed by atoms with Crippen molar-refractivity contribution in [3.8, 4) is 0 Å². The molecule has 0 aromatic rings. The number of ether oxygens (including phenoxy) is 1. The molecular formula is C10H17NO4. The van der Waals surface area contributed by atoms with Crippen LogP contribution in [0.3, 0.4) is 0 Å². The molecule has 1 unspecified atom stereocenters. The molecule has 0 aliphatic heterocycles. The number of aliphatic carboxylic acids is 1. The Kier molecular flexibility index (Phi) is 7.27. The number of carbonyl (C=O) groups excluding carboxylic acids is 1. The summed E-state index contributed by atoms with van der Waals surface area (Å²) in [6.45, 7) is 3.72. The van der Waals surface area contributed by atoms with Crippen molar-refractivity contribution in [3.05, 3.63) is 12.7 Å². The lowest BCUT2D eigenvalue weighted by atomic mass is 10.2. The van der Waals surface area contributed by atoms with Gasteiger partial charge in [0, 0.05) is 20.1 Å². The Balaban J connectivity index is 3.74. The predicted molar refractivity (Wildman–Crippen MR) is 55.5 cm³/mol. The molecule has 0 rings (SSSR count). The standard InChI is InChI=1S/C10H17NO4/c1-3-4-5-9(12)11-7-8(15-2)6-10(13)14/h3,8H,1,4-7H2,2H3,(H,11,12)(H,13,14). The molecule has 0 bridgehead atoms. The number of amides is 1. The maximum absolute atomic E-state index is 11.1. The molecule has 0 saturated carbocycles. The Bertz CT molecular complexity index is 227. The Labute approximate surface area is 89.1 Å². The van der Waals surface area contributed by atoms with E-state index in [4.69, 9.17) is 9.84 Å². The number of allylic oxidation sites excluding steroid dienone is 1. The molecule has 5 nitrogen and oxygen atoms in total. The highest BCUT2D eigenvalue weighted by atomic mass is 16.5. The summed E-state index contributed by atoms with van der Waals surface area (Å²) in [6.07, 6.45) is 2.05. The number of rotatable bonds is 8. The van der Waals surface area contributed by atoms with Crippen molar-refractivity contribution < 1.29 is 19.4 Å². The Morgan fingerprint density at radius 2 is 2.27 bits per heavy atom. The fourth-order valence-electron chi connectivity index (χ4n) is 0.983. The van der Waals surface area contributed by atoms with Crippen molar-refractivity contribution >= 4 is 11.9 Å². The van der Waals surface area contributed by atoms with Crippen molar-refractivity contribution in [2.24, 2.45) is 0 Å². The highest BCUT2D eigenvalue weighted by molar-refractivity contribution is 5.76. The van der Waals surface area contributed by atoms with Gasteiger partial charge in [0.05, 0.1) is 12.5 Å². The van der Waals surface area contributed by atoms with Crippen LogP contribution in [0.15, 0.2) is 12.7 Å². The van der Waals surface area contributed by atoms with Crippen molar-refractivity contribution in [2.45, 2.75) is 25.4 Å². The van der Waals surface area contributed by atoms with E-state index in [1.807, 2.05) is 0 Å². The van der Waals surface area contributed by atoms with E-state index in [0.717, 1.165) is 0 Å². The number of hydrogen-bond donors (Lipinski definition) is 2. The SMILES string of the molecule is C=CCCC(=O)NCC(CC(=O)O)OC. The first kappa shape index (κ1) is 13.6. The van der Waals surface area contributed by atoms with Crippen LogP contribution in [-0.4, -0.2) is 36.7 Å². The molecule has 0 radical (unpaired) electrons. The van der Waals surface area contributed by atoms with Gasteiger partial charge in [-0.3, -0.25) is 9.59 Å². The molecule has 1 atom stereocenters. The average molecular weight is 215 g/mol. The second-order valence-electron chi connectivity index (χ2n) is 3.09. The number of carbonyl (C=O) groups is 2. The number of methoxy groups -OCH3 is 1. The van der Waals surface area contributed by atoms with Gasteiger partial charge in [-0.1, -0.05) is 6.08 Å². The zero-order valence-corrected chi connectivity index (χ0v) is 8.86. The summed E-state index contributed by atoms with van der Waals surface area (Å²) in [4.78, 5) is 21.5. The van der Waals surface area contributed by atoms with Crippen LogP contribution in [0.1, 0.15) is 19.3 Å². The van der Waals surface area contributed by atoms with E-state index in [2.05, 4.69) is 11.9 Å². The van der Waals surface area contributed by atoms with Gasteiger partial charge in [0.15, 0.2) is 0 Å². The lowest BCUT2D eigenvalue weighted by Gasteiger charge is -2.13. The third-order valence-corrected chi connectivity index (χ3v) is 1.84. The zero-order chi connectivity index (χ0) is 11.7. The largest absolute Gasteiger partial charge is 0.481 e. The second kappa shape index (κ2) is 7.99. The van der Waals surface area contributed by atoms with E-state index in [-0.39, 0.29) is 18.9 Å². The number of carboxylic acids is 1. The monoisotopic (exact) mass is 215 g/mol. The summed E-state index contributed by atoms with van der Waals surface area (Å²) in [5.41, 5.74) is 0. The minimum absolute atomic E-state index is 0.113. The quantitative estimate of drug-likeness (QED) is 0.580. The molecule has 5 heteroatoms. The lowest BCUT2D eigenvalue weighted by molar-refractivity contribution is -0.140. The van der Waals surface area contributed by atoms with Gasteiger partial charge in [-0.25, -0.2) is 0 Å². The van der Waals surface area contributed by atoms with Crippen LogP contribution in [0.5, 0.6) is 0 Å². The summed E-state index contributed by atoms with van der Waals surface area (Å²) in [5, 5.41) is 11.1. The molecule has 2 N–H and O–H groups in total. The van der Waals surface area contributed by atoms with Crippen LogP contribution in [0.25, 0.3) is 0 Å². The molecule has 0 aromatic carbocycles. The Hall–Kier alpha value is -1.36. The van der Waals surface area contributed by atoms with Crippen LogP contribution in [0.4, 0.5) is 0 Å². The van der Waals surface area contributed by atoms with E-state index in [0.29, 0.717) is 12.8 Å². The molecule has 0 fully saturated rings. The van der Waals surface area contributed by atoms with Crippen molar-refractivity contribution in [3.63, 3.8) is 0 Å². The first-order chi connectivity index (χ1) is 7.10. The molecule has 0 spiro atoms. The van der Waals surface area contributed by atoms with Gasteiger partial charge in [0.25, 0.3) is 0 Å². The van der Waals surface area contributed by atoms with E-state index in [1.54, 1.807) is 6.08 Å². The molecule has 0 aliphatic carbocycles. The normalized spacial score (nSPS) is 11.8. The minimum atomic E-state index is -0.942. The fourth-order valence-corrected chi connectivity index (χ4v) is 0.983. The summed E-state index contributed by atoms with van der Waals surface area (Å²) in [5.74, 6) is -1.07. The molecular weight excluding hydrogens is 198 g/mol. The number of carboxylic acid groups (broad SMARTS) is 1. The zero-order valence-electron chi connectivity index (χ0n) is 8.86. The molecule has 86 valence electrons. The van der Waals surface area contributed by atoms with Gasteiger partial charge in [-0.15, -0.1) is 6.58 Å². The third kappa shape index (κ3) is 7.69. The Morgan fingerprint density at radius 3 is 2.73 bits per heavy atom. The van der Waals surface area contributed by atoms with Gasteiger partial charge >= 0.3 is 5.97 Å². The lowest BCUT2D eigenvalue weighted by Crippen LogP contribution is -2.34. The summed E-state index contributed by atoms with van der Waals surface area (Å²) >= 11 is 0. The molecule has 15 heavy (non-hydrogen) atoms. The van der Waals surface area contributed by atoms with Gasteiger partial charge in [0.1, 0.15) is 0 Å². The van der Waals surface area contributed by atoms with Crippen LogP contribution in [-0.2, 0) is 14.3 Å². The van der Waals surface area contributed by atoms with Gasteiger partial charge in [-0.05, 0) is 6.42 Å². The molecule has 0 saturated heterocycles. The van der Waals surface area contributed by atoms with Crippen molar-refractivity contribution in [2.75, 3.05) is 13.7 Å². The molecule has 0 aromatic heterocycles. The number of nitrogens with one attached hydrogen (secondary N) is 1. The highest BCUT2D eigenvalue weighted by Gasteiger charge is 2.12. The van der Waals surface area contributed by atoms with E-state index in [1.165, 1.54) is 7.11 Å². The maximum Gasteiger partial charge on any atom is 0.306 e. The molecule has 0 aliphatic rings. The number of hydrogen-bond acceptors (Lipinski definition) is 3. The maximum atomic E-state index is 11.1. The topological polar surface area (TPSA) is 75.6 Å². The first-order valence-electron chi connectivity index (χ1n) is 4.72. The summed E-state index contributed by atoms with van der Waals surface area (Å²) in [6, 6.07) is 0. The van der Waals surface area contributed by atoms with E-state index < -0.39 is 12.1 Å². The average Bonchev–Trinajstić information content (AvgIpc) is 2.20. The highest BCUT2D eigenvalue weighted by Crippen LogP contribution is 1.96. The third-order valence-electron chi connectivity index (χ3n) is 1.84. The van der Waals surface area contributed by atoms with Crippen LogP contribution in [0.2, 0.25) is 0 Å². The minimum Gasteiger partial charge on any atom is -0.481 e. The molecule has 0 heterocycles. The predicted octanol–water partition coefficient (Wildman–Crippen LogP) is 0.558. The van der Waals surface area contributed by atoms with Gasteiger partial charge in [0.2, 0.25) is 5.91 Å². The summed E-state index contributed by atoms with van der Waals surface area (Å²) < 4.78 is 4.90. The molecule has 1 amide bonds. The van der Waals surface area contributed by atoms with Crippen molar-refractivity contribution in [1.29, 1.82) is 0 Å². The van der Waals surface area contributed by atoms with E-state index in [9.17, 15) is 9.59 Å². The van der Waals surface area contributed by atoms with Crippen molar-refractivity contribution in [1.82, 2.24) is 5.32 Å². The van der Waals surface area contributed by atoms with E-state index >= 15 is 0 Å². The second-order valence-corrected chi connectivity index (χ2v) is 3.09. The van der Waals surface area contributed by atoms with Crippen LogP contribution >= 0.6 is 0 Å². The van der Waals surface area contributed by atoms with Gasteiger partial charge in [-0.2, -0.15) is 0 Å².